The zero-order valence-electron chi connectivity index (χ0n) is 10.2. The Morgan fingerprint density at radius 1 is 1.00 bits per heavy atom. The molecule has 0 spiro atoms. The number of hydrogen-bond acceptors (Lipinski definition) is 3. The molecule has 2 N–H and O–H groups in total. The molecule has 3 nitrogen and oxygen atoms in total. The van der Waals surface area contributed by atoms with E-state index in [4.69, 9.17) is 10.2 Å². The van der Waals surface area contributed by atoms with Gasteiger partial charge in [-0.3, -0.25) is 4.79 Å². The minimum absolute atomic E-state index is 0.0875. The van der Waals surface area contributed by atoms with Crippen molar-refractivity contribution in [3.8, 4) is 0 Å². The summed E-state index contributed by atoms with van der Waals surface area (Å²) in [5, 5.41) is 18.1. The predicted molar refractivity (Wildman–Crippen MR) is 73.4 cm³/mol. The van der Waals surface area contributed by atoms with Crippen LogP contribution >= 0.6 is 0 Å². The first-order chi connectivity index (χ1) is 9.16. The van der Waals surface area contributed by atoms with Gasteiger partial charge in [-0.05, 0) is 17.7 Å². The van der Waals surface area contributed by atoms with Gasteiger partial charge in [0.25, 0.3) is 0 Å². The van der Waals surface area contributed by atoms with Gasteiger partial charge in [0.2, 0.25) is 0 Å². The average Bonchev–Trinajstić information content (AvgIpc) is 2.46. The van der Waals surface area contributed by atoms with E-state index in [-0.39, 0.29) is 5.78 Å². The van der Waals surface area contributed by atoms with Crippen LogP contribution in [0.5, 0.6) is 0 Å². The third-order valence-corrected chi connectivity index (χ3v) is 2.69. The Bertz CT molecular complexity index is 586. The minimum Gasteiger partial charge on any atom is -0.364 e. The fourth-order valence-electron chi connectivity index (χ4n) is 1.69. The van der Waals surface area contributed by atoms with Crippen molar-refractivity contribution in [1.29, 1.82) is 0 Å². The van der Waals surface area contributed by atoms with Gasteiger partial charge < -0.3 is 10.2 Å². The lowest BCUT2D eigenvalue weighted by atomic mass is 10.1. The second-order valence-corrected chi connectivity index (χ2v) is 4.11. The van der Waals surface area contributed by atoms with Crippen molar-refractivity contribution >= 4 is 11.9 Å². The number of aliphatic hydroxyl groups is 2. The summed E-state index contributed by atoms with van der Waals surface area (Å²) < 4.78 is 0. The van der Waals surface area contributed by atoms with Crippen LogP contribution in [-0.2, 0) is 0 Å². The van der Waals surface area contributed by atoms with E-state index in [1.54, 1.807) is 42.5 Å². The van der Waals surface area contributed by atoms with E-state index in [1.807, 2.05) is 18.2 Å². The molecule has 2 aromatic carbocycles. The van der Waals surface area contributed by atoms with Crippen LogP contribution in [-0.4, -0.2) is 16.0 Å². The Hall–Kier alpha value is -2.23. The van der Waals surface area contributed by atoms with E-state index in [2.05, 4.69) is 0 Å². The number of allylic oxidation sites excluding steroid dienone is 1. The number of carbonyl (C=O) groups is 1. The predicted octanol–water partition coefficient (Wildman–Crippen LogP) is 2.57. The summed E-state index contributed by atoms with van der Waals surface area (Å²) in [5.41, 5.74) is 1.77. The third-order valence-electron chi connectivity index (χ3n) is 2.69. The van der Waals surface area contributed by atoms with Crippen molar-refractivity contribution < 1.29 is 15.0 Å². The van der Waals surface area contributed by atoms with Crippen molar-refractivity contribution in [3.63, 3.8) is 0 Å². The molecular formula is C16H14O3. The van der Waals surface area contributed by atoms with Crippen LogP contribution in [0, 0.1) is 0 Å². The highest BCUT2D eigenvalue weighted by atomic mass is 16.5. The van der Waals surface area contributed by atoms with Gasteiger partial charge in [-0.2, -0.15) is 0 Å². The van der Waals surface area contributed by atoms with E-state index in [0.717, 1.165) is 5.56 Å². The maximum Gasteiger partial charge on any atom is 0.185 e. The molecule has 0 aliphatic carbocycles. The van der Waals surface area contributed by atoms with E-state index in [0.29, 0.717) is 11.1 Å². The highest BCUT2D eigenvalue weighted by molar-refractivity contribution is 6.06. The lowest BCUT2D eigenvalue weighted by molar-refractivity contribution is -0.0424. The Kier molecular flexibility index (Phi) is 4.23. The molecule has 0 aliphatic heterocycles. The number of rotatable bonds is 4. The normalized spacial score (nSPS) is 11.1. The highest BCUT2D eigenvalue weighted by Crippen LogP contribution is 2.13. The molecule has 0 aromatic heterocycles. The largest absolute Gasteiger partial charge is 0.364 e. The third kappa shape index (κ3) is 3.61. The zero-order valence-corrected chi connectivity index (χ0v) is 10.2. The zero-order chi connectivity index (χ0) is 13.7. The molecule has 0 atom stereocenters. The van der Waals surface area contributed by atoms with Gasteiger partial charge in [-0.1, -0.05) is 54.6 Å². The fraction of sp³-hybridized carbons (Fsp3) is 0.0625. The van der Waals surface area contributed by atoms with E-state index in [1.165, 1.54) is 6.08 Å². The summed E-state index contributed by atoms with van der Waals surface area (Å²) >= 11 is 0. The first kappa shape index (κ1) is 13.2. The van der Waals surface area contributed by atoms with Crippen LogP contribution in [0.15, 0.2) is 60.7 Å². The Morgan fingerprint density at radius 2 is 1.74 bits per heavy atom. The van der Waals surface area contributed by atoms with Crippen molar-refractivity contribution in [2.75, 3.05) is 0 Å². The SMILES string of the molecule is O=C(C=Cc1cccc(C(O)O)c1)c1ccccc1. The van der Waals surface area contributed by atoms with Gasteiger partial charge in [0.1, 0.15) is 0 Å². The maximum atomic E-state index is 11.9. The molecule has 2 rings (SSSR count). The standard InChI is InChI=1S/C16H14O3/c17-15(13-6-2-1-3-7-13)10-9-12-5-4-8-14(11-12)16(18)19/h1-11,16,18-19H. The van der Waals surface area contributed by atoms with Gasteiger partial charge in [0.15, 0.2) is 12.1 Å². The topological polar surface area (TPSA) is 57.5 Å². The molecule has 0 fully saturated rings. The van der Waals surface area contributed by atoms with Crippen molar-refractivity contribution in [2.45, 2.75) is 6.29 Å². The molecule has 0 saturated carbocycles. The molecule has 2 aromatic rings. The van der Waals surface area contributed by atoms with Gasteiger partial charge in [-0.25, -0.2) is 0 Å². The van der Waals surface area contributed by atoms with Crippen molar-refractivity contribution in [3.05, 3.63) is 77.4 Å². The molecule has 96 valence electrons. The maximum absolute atomic E-state index is 11.9. The molecule has 0 amide bonds. The average molecular weight is 254 g/mol. The molecule has 0 bridgehead atoms. The number of aliphatic hydroxyl groups excluding tert-OH is 1. The number of ketones is 1. The molecule has 0 aliphatic rings. The number of benzene rings is 2. The summed E-state index contributed by atoms with van der Waals surface area (Å²) in [6.45, 7) is 0. The molecule has 0 heterocycles. The fourth-order valence-corrected chi connectivity index (χ4v) is 1.69. The second kappa shape index (κ2) is 6.09. The summed E-state index contributed by atoms with van der Waals surface area (Å²) in [5.74, 6) is -0.0875. The molecule has 19 heavy (non-hydrogen) atoms. The van der Waals surface area contributed by atoms with Gasteiger partial charge in [0, 0.05) is 11.1 Å². The summed E-state index contributed by atoms with van der Waals surface area (Å²) in [6, 6.07) is 15.7. The molecule has 0 unspecified atom stereocenters. The van der Waals surface area contributed by atoms with E-state index < -0.39 is 6.29 Å². The number of carbonyl (C=O) groups excluding carboxylic acids is 1. The molecular weight excluding hydrogens is 240 g/mol. The minimum atomic E-state index is -1.50. The van der Waals surface area contributed by atoms with Gasteiger partial charge >= 0.3 is 0 Å². The van der Waals surface area contributed by atoms with Crippen LogP contribution in [0.25, 0.3) is 6.08 Å². The Labute approximate surface area is 111 Å². The Morgan fingerprint density at radius 3 is 2.42 bits per heavy atom. The summed E-state index contributed by atoms with van der Waals surface area (Å²) in [7, 11) is 0. The van der Waals surface area contributed by atoms with Crippen LogP contribution in [0.2, 0.25) is 0 Å². The van der Waals surface area contributed by atoms with Crippen molar-refractivity contribution in [1.82, 2.24) is 0 Å². The first-order valence-corrected chi connectivity index (χ1v) is 5.90. The monoisotopic (exact) mass is 254 g/mol. The quantitative estimate of drug-likeness (QED) is 0.501. The van der Waals surface area contributed by atoms with Crippen LogP contribution in [0.3, 0.4) is 0 Å². The van der Waals surface area contributed by atoms with Crippen molar-refractivity contribution in [2.24, 2.45) is 0 Å². The first-order valence-electron chi connectivity index (χ1n) is 5.90. The smallest absolute Gasteiger partial charge is 0.185 e. The summed E-state index contributed by atoms with van der Waals surface area (Å²) in [6.07, 6.45) is 1.62. The highest BCUT2D eigenvalue weighted by Gasteiger charge is 2.02. The van der Waals surface area contributed by atoms with E-state index >= 15 is 0 Å². The van der Waals surface area contributed by atoms with Gasteiger partial charge in [-0.15, -0.1) is 0 Å². The Balaban J connectivity index is 2.15. The lowest BCUT2D eigenvalue weighted by Gasteiger charge is -2.03. The number of hydrogen-bond donors (Lipinski definition) is 2. The lowest BCUT2D eigenvalue weighted by Crippen LogP contribution is -1.95. The summed E-state index contributed by atoms with van der Waals surface area (Å²) in [4.78, 5) is 11.9. The van der Waals surface area contributed by atoms with Gasteiger partial charge in [0.05, 0.1) is 0 Å². The van der Waals surface area contributed by atoms with Crippen LogP contribution in [0.4, 0.5) is 0 Å². The van der Waals surface area contributed by atoms with E-state index in [9.17, 15) is 4.79 Å². The van der Waals surface area contributed by atoms with Crippen LogP contribution in [0.1, 0.15) is 27.8 Å². The second-order valence-electron chi connectivity index (χ2n) is 4.11. The molecule has 0 radical (unpaired) electrons. The molecule has 0 saturated heterocycles. The molecule has 3 heteroatoms. The van der Waals surface area contributed by atoms with Crippen LogP contribution < -0.4 is 0 Å².